The summed E-state index contributed by atoms with van der Waals surface area (Å²) in [5, 5.41) is 0. The second-order valence-corrected chi connectivity index (χ2v) is 7.64. The average molecular weight is 284 g/mol. The Balaban J connectivity index is 1.61. The van der Waals surface area contributed by atoms with E-state index in [0.29, 0.717) is 5.41 Å². The highest BCUT2D eigenvalue weighted by atomic mass is 15.1. The Hall–Kier alpha value is -0.860. The molecule has 4 aliphatic rings. The summed E-state index contributed by atoms with van der Waals surface area (Å²) in [6, 6.07) is 9.69. The molecule has 0 amide bonds. The van der Waals surface area contributed by atoms with Crippen molar-refractivity contribution in [1.82, 2.24) is 4.90 Å². The third-order valence-electron chi connectivity index (χ3n) is 6.78. The molecule has 0 atom stereocenters. The Morgan fingerprint density at radius 3 is 1.86 bits per heavy atom. The van der Waals surface area contributed by atoms with Gasteiger partial charge in [-0.15, -0.1) is 0 Å². The smallest absolute Gasteiger partial charge is 0.00755 e. The van der Waals surface area contributed by atoms with Gasteiger partial charge in [-0.2, -0.15) is 0 Å². The van der Waals surface area contributed by atoms with Gasteiger partial charge in [-0.25, -0.2) is 0 Å². The third-order valence-corrected chi connectivity index (χ3v) is 6.78. The van der Waals surface area contributed by atoms with Gasteiger partial charge in [0, 0.05) is 12.0 Å². The summed E-state index contributed by atoms with van der Waals surface area (Å²) in [6.45, 7) is 4.71. The van der Waals surface area contributed by atoms with E-state index in [0.717, 1.165) is 6.54 Å². The molecule has 5 rings (SSSR count). The van der Waals surface area contributed by atoms with Crippen LogP contribution in [0, 0.1) is 0 Å². The van der Waals surface area contributed by atoms with Gasteiger partial charge in [0.2, 0.25) is 0 Å². The molecule has 2 N–H and O–H groups in total. The fraction of sp³-hybridized carbons (Fsp3) is 0.684. The lowest BCUT2D eigenvalue weighted by Crippen LogP contribution is -2.50. The lowest BCUT2D eigenvalue weighted by atomic mass is 9.67. The average Bonchev–Trinajstić information content (AvgIpc) is 3.07. The first kappa shape index (κ1) is 13.8. The lowest BCUT2D eigenvalue weighted by Gasteiger charge is -2.49. The molecule has 3 aliphatic heterocycles. The second-order valence-electron chi connectivity index (χ2n) is 7.64. The summed E-state index contributed by atoms with van der Waals surface area (Å²) in [5.41, 5.74) is 9.99. The van der Waals surface area contributed by atoms with Gasteiger partial charge in [-0.05, 0) is 68.3 Å². The van der Waals surface area contributed by atoms with E-state index in [4.69, 9.17) is 5.73 Å². The molecule has 2 nitrogen and oxygen atoms in total. The summed E-state index contributed by atoms with van der Waals surface area (Å²) >= 11 is 0. The largest absolute Gasteiger partial charge is 0.330 e. The maximum atomic E-state index is 6.13. The van der Waals surface area contributed by atoms with E-state index < -0.39 is 0 Å². The van der Waals surface area contributed by atoms with Crippen molar-refractivity contribution in [2.75, 3.05) is 26.2 Å². The molecule has 1 aromatic rings. The molecular weight excluding hydrogens is 256 g/mol. The Kier molecular flexibility index (Phi) is 3.35. The van der Waals surface area contributed by atoms with Gasteiger partial charge in [-0.3, -0.25) is 0 Å². The fourth-order valence-electron chi connectivity index (χ4n) is 5.10. The van der Waals surface area contributed by atoms with Crippen molar-refractivity contribution in [2.45, 2.75) is 55.8 Å². The maximum Gasteiger partial charge on any atom is 0.00755 e. The number of benzene rings is 1. The predicted molar refractivity (Wildman–Crippen MR) is 87.6 cm³/mol. The zero-order valence-electron chi connectivity index (χ0n) is 13.1. The van der Waals surface area contributed by atoms with E-state index in [-0.39, 0.29) is 5.41 Å². The molecule has 0 aromatic heterocycles. The number of nitrogens with two attached hydrogens (primary N) is 1. The van der Waals surface area contributed by atoms with E-state index in [1.54, 1.807) is 5.56 Å². The summed E-state index contributed by atoms with van der Waals surface area (Å²) in [7, 11) is 0. The van der Waals surface area contributed by atoms with Crippen molar-refractivity contribution in [3.05, 3.63) is 35.4 Å². The lowest BCUT2D eigenvalue weighted by molar-refractivity contribution is 0.0817. The van der Waals surface area contributed by atoms with Crippen LogP contribution in [0.25, 0.3) is 0 Å². The molecule has 1 saturated carbocycles. The molecule has 1 aromatic carbocycles. The highest BCUT2D eigenvalue weighted by molar-refractivity contribution is 5.35. The SMILES string of the molecule is NCC1(c2ccc(C34CCN(CC3)CC4)cc2)CCCC1. The molecule has 0 unspecified atom stereocenters. The van der Waals surface area contributed by atoms with Crippen molar-refractivity contribution in [3.63, 3.8) is 0 Å². The van der Waals surface area contributed by atoms with E-state index in [1.165, 1.54) is 70.1 Å². The molecule has 114 valence electrons. The number of hydrogen-bond donors (Lipinski definition) is 1. The van der Waals surface area contributed by atoms with Crippen LogP contribution >= 0.6 is 0 Å². The third kappa shape index (κ3) is 2.15. The maximum absolute atomic E-state index is 6.13. The van der Waals surface area contributed by atoms with Crippen molar-refractivity contribution in [1.29, 1.82) is 0 Å². The minimum Gasteiger partial charge on any atom is -0.330 e. The van der Waals surface area contributed by atoms with Crippen LogP contribution in [0.4, 0.5) is 0 Å². The van der Waals surface area contributed by atoms with E-state index in [2.05, 4.69) is 29.2 Å². The van der Waals surface area contributed by atoms with E-state index >= 15 is 0 Å². The molecule has 21 heavy (non-hydrogen) atoms. The quantitative estimate of drug-likeness (QED) is 0.923. The molecule has 2 bridgehead atoms. The van der Waals surface area contributed by atoms with Crippen LogP contribution in [-0.2, 0) is 10.8 Å². The van der Waals surface area contributed by atoms with Gasteiger partial charge in [0.1, 0.15) is 0 Å². The van der Waals surface area contributed by atoms with Crippen LogP contribution in [0.15, 0.2) is 24.3 Å². The Morgan fingerprint density at radius 1 is 0.810 bits per heavy atom. The van der Waals surface area contributed by atoms with Gasteiger partial charge in [0.25, 0.3) is 0 Å². The van der Waals surface area contributed by atoms with E-state index in [9.17, 15) is 0 Å². The Bertz CT molecular complexity index is 477. The molecule has 0 radical (unpaired) electrons. The van der Waals surface area contributed by atoms with E-state index in [1.807, 2.05) is 0 Å². The second kappa shape index (κ2) is 5.10. The fourth-order valence-corrected chi connectivity index (χ4v) is 5.10. The highest BCUT2D eigenvalue weighted by Crippen LogP contribution is 2.44. The standard InChI is InChI=1S/C19H28N2/c20-15-19(7-1-2-8-19)17-5-3-16(4-6-17)18-9-12-21(13-10-18)14-11-18/h3-6H,1-2,7-15,20H2. The van der Waals surface area contributed by atoms with Gasteiger partial charge >= 0.3 is 0 Å². The molecule has 2 heteroatoms. The summed E-state index contributed by atoms with van der Waals surface area (Å²) < 4.78 is 0. The summed E-state index contributed by atoms with van der Waals surface area (Å²) in [5.74, 6) is 0. The van der Waals surface area contributed by atoms with Gasteiger partial charge in [-0.1, -0.05) is 37.1 Å². The number of hydrogen-bond acceptors (Lipinski definition) is 2. The van der Waals surface area contributed by atoms with Crippen LogP contribution in [-0.4, -0.2) is 31.1 Å². The normalized spacial score (nSPS) is 34.2. The first-order valence-corrected chi connectivity index (χ1v) is 8.80. The molecule has 0 spiro atoms. The van der Waals surface area contributed by atoms with Crippen LogP contribution in [0.2, 0.25) is 0 Å². The highest BCUT2D eigenvalue weighted by Gasteiger charge is 2.41. The zero-order chi connectivity index (χ0) is 14.3. The molecule has 4 fully saturated rings. The van der Waals surface area contributed by atoms with Crippen molar-refractivity contribution < 1.29 is 0 Å². The van der Waals surface area contributed by atoms with Gasteiger partial charge < -0.3 is 10.6 Å². The summed E-state index contributed by atoms with van der Waals surface area (Å²) in [4.78, 5) is 2.62. The molecule has 1 aliphatic carbocycles. The topological polar surface area (TPSA) is 29.3 Å². The minimum atomic E-state index is 0.284. The van der Waals surface area contributed by atoms with Crippen LogP contribution in [0.5, 0.6) is 0 Å². The van der Waals surface area contributed by atoms with Gasteiger partial charge in [0.05, 0.1) is 0 Å². The first-order valence-electron chi connectivity index (χ1n) is 8.80. The number of fused-ring (bicyclic) bond motifs is 3. The molecule has 3 saturated heterocycles. The van der Waals surface area contributed by atoms with Crippen LogP contribution in [0.1, 0.15) is 56.1 Å². The van der Waals surface area contributed by atoms with Crippen LogP contribution < -0.4 is 5.73 Å². The molecular formula is C19H28N2. The summed E-state index contributed by atoms with van der Waals surface area (Å²) in [6.07, 6.45) is 9.32. The predicted octanol–water partition coefficient (Wildman–Crippen LogP) is 3.19. The van der Waals surface area contributed by atoms with Crippen LogP contribution in [0.3, 0.4) is 0 Å². The Labute approximate surface area is 128 Å². The number of nitrogens with zero attached hydrogens (tertiary/aromatic N) is 1. The number of piperidine rings is 3. The minimum absolute atomic E-state index is 0.284. The zero-order valence-corrected chi connectivity index (χ0v) is 13.1. The number of rotatable bonds is 3. The van der Waals surface area contributed by atoms with Crippen molar-refractivity contribution in [3.8, 4) is 0 Å². The first-order chi connectivity index (χ1) is 10.3. The monoisotopic (exact) mass is 284 g/mol. The van der Waals surface area contributed by atoms with Crippen molar-refractivity contribution in [2.24, 2.45) is 5.73 Å². The van der Waals surface area contributed by atoms with Crippen molar-refractivity contribution >= 4 is 0 Å². The molecule has 3 heterocycles. The van der Waals surface area contributed by atoms with Gasteiger partial charge in [0.15, 0.2) is 0 Å². The Morgan fingerprint density at radius 2 is 1.33 bits per heavy atom.